The number of methoxy groups -OCH3 is 2. The van der Waals surface area contributed by atoms with Crippen LogP contribution in [-0.2, 0) is 4.79 Å². The highest BCUT2D eigenvalue weighted by Gasteiger charge is 2.13. The van der Waals surface area contributed by atoms with Crippen LogP contribution in [0.1, 0.15) is 0 Å². The highest BCUT2D eigenvalue weighted by molar-refractivity contribution is 7.22. The molecule has 1 aromatic heterocycles. The van der Waals surface area contributed by atoms with Gasteiger partial charge in [-0.25, -0.2) is 9.37 Å². The van der Waals surface area contributed by atoms with Gasteiger partial charge in [0.1, 0.15) is 0 Å². The third kappa shape index (κ3) is 3.80. The van der Waals surface area contributed by atoms with Crippen LogP contribution < -0.4 is 19.5 Å². The normalized spacial score (nSPS) is 10.5. The minimum absolute atomic E-state index is 0.0245. The van der Waals surface area contributed by atoms with Crippen molar-refractivity contribution >= 4 is 32.6 Å². The first-order valence-corrected chi connectivity index (χ1v) is 8.12. The molecule has 3 aromatic rings. The van der Waals surface area contributed by atoms with E-state index >= 15 is 0 Å². The molecule has 0 saturated carbocycles. The van der Waals surface area contributed by atoms with Crippen LogP contribution in [0.25, 0.3) is 10.2 Å². The van der Waals surface area contributed by atoms with Gasteiger partial charge in [0.05, 0.1) is 24.4 Å². The standard InChI is InChI=1S/C17H15FN2O4S/c1-22-13-7-11-15(8-14(13)23-2)25-17(19-11)20-16(21)9-24-12-6-4-3-5-10(12)18/h3-8H,9H2,1-2H3,(H,19,20,21). The predicted octanol–water partition coefficient (Wildman–Crippen LogP) is 3.47. The van der Waals surface area contributed by atoms with Gasteiger partial charge in [-0.1, -0.05) is 23.5 Å². The van der Waals surface area contributed by atoms with Gasteiger partial charge in [-0.2, -0.15) is 0 Å². The largest absolute Gasteiger partial charge is 0.493 e. The molecule has 0 aliphatic rings. The first kappa shape index (κ1) is 17.0. The molecule has 0 fully saturated rings. The summed E-state index contributed by atoms with van der Waals surface area (Å²) in [7, 11) is 3.09. The number of fused-ring (bicyclic) bond motifs is 1. The minimum Gasteiger partial charge on any atom is -0.493 e. The van der Waals surface area contributed by atoms with Crippen LogP contribution in [0, 0.1) is 5.82 Å². The van der Waals surface area contributed by atoms with E-state index in [1.54, 1.807) is 38.5 Å². The number of nitrogens with one attached hydrogen (secondary N) is 1. The molecule has 0 bridgehead atoms. The summed E-state index contributed by atoms with van der Waals surface area (Å²) < 4.78 is 29.9. The fraction of sp³-hybridized carbons (Fsp3) is 0.176. The molecule has 3 rings (SSSR count). The Morgan fingerprint density at radius 3 is 2.60 bits per heavy atom. The predicted molar refractivity (Wildman–Crippen MR) is 93.2 cm³/mol. The molecule has 2 aromatic carbocycles. The Labute approximate surface area is 147 Å². The number of halogens is 1. The first-order chi connectivity index (χ1) is 12.1. The van der Waals surface area contributed by atoms with Gasteiger partial charge in [0.25, 0.3) is 5.91 Å². The molecule has 0 saturated heterocycles. The molecule has 0 unspecified atom stereocenters. The maximum atomic E-state index is 13.5. The monoisotopic (exact) mass is 362 g/mol. The number of thiazole rings is 1. The van der Waals surface area contributed by atoms with Gasteiger partial charge in [-0.3, -0.25) is 10.1 Å². The molecule has 1 N–H and O–H groups in total. The number of carbonyl (C=O) groups is 1. The van der Waals surface area contributed by atoms with Crippen LogP contribution in [-0.4, -0.2) is 31.7 Å². The number of anilines is 1. The van der Waals surface area contributed by atoms with Crippen molar-refractivity contribution in [2.45, 2.75) is 0 Å². The second-order valence-corrected chi connectivity index (χ2v) is 5.99. The van der Waals surface area contributed by atoms with Crippen LogP contribution in [0.4, 0.5) is 9.52 Å². The number of rotatable bonds is 6. The maximum absolute atomic E-state index is 13.5. The van der Waals surface area contributed by atoms with Gasteiger partial charge >= 0.3 is 0 Å². The van der Waals surface area contributed by atoms with Gasteiger partial charge in [0.15, 0.2) is 34.8 Å². The summed E-state index contributed by atoms with van der Waals surface area (Å²) in [6.07, 6.45) is 0. The Morgan fingerprint density at radius 2 is 1.88 bits per heavy atom. The summed E-state index contributed by atoms with van der Waals surface area (Å²) in [5.74, 6) is 0.215. The van der Waals surface area contributed by atoms with Gasteiger partial charge in [0, 0.05) is 12.1 Å². The lowest BCUT2D eigenvalue weighted by atomic mass is 10.3. The maximum Gasteiger partial charge on any atom is 0.264 e. The summed E-state index contributed by atoms with van der Waals surface area (Å²) in [5, 5.41) is 3.05. The zero-order valence-electron chi connectivity index (χ0n) is 13.5. The van der Waals surface area contributed by atoms with Crippen LogP contribution in [0.5, 0.6) is 17.2 Å². The van der Waals surface area contributed by atoms with E-state index in [9.17, 15) is 9.18 Å². The molecule has 130 valence electrons. The fourth-order valence-corrected chi connectivity index (χ4v) is 3.06. The summed E-state index contributed by atoms with van der Waals surface area (Å²) in [5.41, 5.74) is 0.674. The lowest BCUT2D eigenvalue weighted by molar-refractivity contribution is -0.118. The highest BCUT2D eigenvalue weighted by Crippen LogP contribution is 2.36. The third-order valence-electron chi connectivity index (χ3n) is 3.34. The summed E-state index contributed by atoms with van der Waals surface area (Å²) >= 11 is 1.29. The Kier molecular flexibility index (Phi) is 4.99. The highest BCUT2D eigenvalue weighted by atomic mass is 32.1. The van der Waals surface area contributed by atoms with E-state index in [4.69, 9.17) is 14.2 Å². The second-order valence-electron chi connectivity index (χ2n) is 4.96. The van der Waals surface area contributed by atoms with Gasteiger partial charge in [-0.05, 0) is 12.1 Å². The summed E-state index contributed by atoms with van der Waals surface area (Å²) in [6, 6.07) is 9.42. The van der Waals surface area contributed by atoms with Crippen molar-refractivity contribution in [3.8, 4) is 17.2 Å². The molecule has 0 atom stereocenters. The first-order valence-electron chi connectivity index (χ1n) is 7.30. The molecule has 0 aliphatic heterocycles. The molecule has 0 radical (unpaired) electrons. The number of amides is 1. The van der Waals surface area contributed by atoms with Gasteiger partial charge < -0.3 is 14.2 Å². The summed E-state index contributed by atoms with van der Waals surface area (Å²) in [4.78, 5) is 16.3. The van der Waals surface area contributed by atoms with Crippen molar-refractivity contribution in [2.75, 3.05) is 26.1 Å². The number of ether oxygens (including phenoxy) is 3. The molecular weight excluding hydrogens is 347 g/mol. The zero-order valence-corrected chi connectivity index (χ0v) is 14.4. The Balaban J connectivity index is 1.70. The molecule has 1 heterocycles. The van der Waals surface area contributed by atoms with E-state index < -0.39 is 11.7 Å². The van der Waals surface area contributed by atoms with Crippen molar-refractivity contribution in [1.29, 1.82) is 0 Å². The van der Waals surface area contributed by atoms with E-state index in [-0.39, 0.29) is 12.4 Å². The Morgan fingerprint density at radius 1 is 1.16 bits per heavy atom. The van der Waals surface area contributed by atoms with Crippen LogP contribution in [0.2, 0.25) is 0 Å². The van der Waals surface area contributed by atoms with Crippen LogP contribution >= 0.6 is 11.3 Å². The molecule has 25 heavy (non-hydrogen) atoms. The molecule has 0 spiro atoms. The number of para-hydroxylation sites is 1. The number of aromatic nitrogens is 1. The lowest BCUT2D eigenvalue weighted by Crippen LogP contribution is -2.20. The number of nitrogens with zero attached hydrogens (tertiary/aromatic N) is 1. The zero-order chi connectivity index (χ0) is 17.8. The van der Waals surface area contributed by atoms with E-state index in [1.807, 2.05) is 0 Å². The van der Waals surface area contributed by atoms with E-state index in [0.717, 1.165) is 4.70 Å². The Hall–Kier alpha value is -2.87. The third-order valence-corrected chi connectivity index (χ3v) is 4.27. The smallest absolute Gasteiger partial charge is 0.264 e. The minimum atomic E-state index is -0.519. The van der Waals surface area contributed by atoms with Crippen LogP contribution in [0.15, 0.2) is 36.4 Å². The summed E-state index contributed by atoms with van der Waals surface area (Å²) in [6.45, 7) is -0.316. The molecule has 0 aliphatic carbocycles. The van der Waals surface area contributed by atoms with Crippen molar-refractivity contribution in [1.82, 2.24) is 4.98 Å². The van der Waals surface area contributed by atoms with Gasteiger partial charge in [-0.15, -0.1) is 0 Å². The average Bonchev–Trinajstić information content (AvgIpc) is 3.00. The van der Waals surface area contributed by atoms with Crippen molar-refractivity contribution in [3.63, 3.8) is 0 Å². The number of hydrogen-bond acceptors (Lipinski definition) is 6. The van der Waals surface area contributed by atoms with E-state index in [0.29, 0.717) is 22.1 Å². The average molecular weight is 362 g/mol. The fourth-order valence-electron chi connectivity index (χ4n) is 2.17. The lowest BCUT2D eigenvalue weighted by Gasteiger charge is -2.06. The Bertz CT molecular complexity index is 872. The number of benzene rings is 2. The molecule has 6 nitrogen and oxygen atoms in total. The molecular formula is C17H15FN2O4S. The topological polar surface area (TPSA) is 69.7 Å². The van der Waals surface area contributed by atoms with Crippen molar-refractivity contribution in [3.05, 3.63) is 42.2 Å². The van der Waals surface area contributed by atoms with Crippen LogP contribution in [0.3, 0.4) is 0 Å². The molecule has 1 amide bonds. The second kappa shape index (κ2) is 7.35. The van der Waals surface area contributed by atoms with Gasteiger partial charge in [0.2, 0.25) is 0 Å². The van der Waals surface area contributed by atoms with E-state index in [2.05, 4.69) is 10.3 Å². The van der Waals surface area contributed by atoms with Crippen molar-refractivity contribution < 1.29 is 23.4 Å². The molecule has 8 heteroatoms. The quantitative estimate of drug-likeness (QED) is 0.727. The SMILES string of the molecule is COc1cc2nc(NC(=O)COc3ccccc3F)sc2cc1OC. The van der Waals surface area contributed by atoms with Crippen molar-refractivity contribution in [2.24, 2.45) is 0 Å². The van der Waals surface area contributed by atoms with E-state index in [1.165, 1.54) is 23.5 Å². The number of carbonyl (C=O) groups excluding carboxylic acids is 1. The number of hydrogen-bond donors (Lipinski definition) is 1.